The second-order valence-electron chi connectivity index (χ2n) is 4.83. The second kappa shape index (κ2) is 3.33. The molecule has 0 aliphatic heterocycles. The van der Waals surface area contributed by atoms with E-state index in [2.05, 4.69) is 67.2 Å². The maximum atomic E-state index is 2.27. The van der Waals surface area contributed by atoms with Crippen LogP contribution in [0.3, 0.4) is 0 Å². The molecule has 0 radical (unpaired) electrons. The third kappa shape index (κ3) is 1.30. The fourth-order valence-electron chi connectivity index (χ4n) is 2.49. The number of fused-ring (bicyclic) bond motifs is 3. The summed E-state index contributed by atoms with van der Waals surface area (Å²) in [5, 5.41) is 0. The molecule has 0 saturated heterocycles. The zero-order chi connectivity index (χ0) is 12.2. The average Bonchev–Trinajstić information content (AvgIpc) is 2.78. The molecule has 0 saturated carbocycles. The van der Waals surface area contributed by atoms with Gasteiger partial charge in [-0.3, -0.25) is 0 Å². The Morgan fingerprint density at radius 2 is 1.71 bits per heavy atom. The van der Waals surface area contributed by atoms with Gasteiger partial charge in [0.1, 0.15) is 18.1 Å². The molecule has 2 nitrogen and oxygen atoms in total. The zero-order valence-corrected chi connectivity index (χ0v) is 10.8. The Morgan fingerprint density at radius 1 is 1.00 bits per heavy atom. The van der Waals surface area contributed by atoms with Crippen molar-refractivity contribution in [1.29, 1.82) is 0 Å². The summed E-state index contributed by atoms with van der Waals surface area (Å²) in [6, 6.07) is 8.83. The van der Waals surface area contributed by atoms with Crippen molar-refractivity contribution in [2.45, 2.75) is 20.8 Å². The maximum absolute atomic E-state index is 2.27. The minimum Gasteiger partial charge on any atom is -0.306 e. The SMILES string of the molecule is Cc1cc2c(cc1C)[n+](C)c(C)c1cccn12. The number of hydrogen-bond acceptors (Lipinski definition) is 0. The highest BCUT2D eigenvalue weighted by atomic mass is 15.0. The van der Waals surface area contributed by atoms with Gasteiger partial charge in [0.2, 0.25) is 11.2 Å². The van der Waals surface area contributed by atoms with E-state index in [-0.39, 0.29) is 0 Å². The Balaban J connectivity index is 2.65. The first kappa shape index (κ1) is 10.3. The summed E-state index contributed by atoms with van der Waals surface area (Å²) in [7, 11) is 2.14. The van der Waals surface area contributed by atoms with Gasteiger partial charge in [-0.1, -0.05) is 0 Å². The summed E-state index contributed by atoms with van der Waals surface area (Å²) in [4.78, 5) is 0. The van der Waals surface area contributed by atoms with Crippen LogP contribution in [0.15, 0.2) is 30.5 Å². The molecule has 0 aliphatic rings. The molecule has 17 heavy (non-hydrogen) atoms. The Morgan fingerprint density at radius 3 is 2.47 bits per heavy atom. The molecule has 0 spiro atoms. The molecular formula is C15H17N2+. The van der Waals surface area contributed by atoms with E-state index < -0.39 is 0 Å². The van der Waals surface area contributed by atoms with Crippen LogP contribution in [0.25, 0.3) is 16.6 Å². The molecule has 0 fully saturated rings. The Kier molecular flexibility index (Phi) is 2.02. The molecule has 0 unspecified atom stereocenters. The average molecular weight is 225 g/mol. The Hall–Kier alpha value is -1.83. The fraction of sp³-hybridized carbons (Fsp3) is 0.267. The zero-order valence-electron chi connectivity index (χ0n) is 10.8. The lowest BCUT2D eigenvalue weighted by atomic mass is 10.1. The van der Waals surface area contributed by atoms with Crippen LogP contribution in [0.5, 0.6) is 0 Å². The Labute approximate surface area is 101 Å². The van der Waals surface area contributed by atoms with E-state index in [1.807, 2.05) is 0 Å². The summed E-state index contributed by atoms with van der Waals surface area (Å²) in [6.45, 7) is 6.51. The second-order valence-corrected chi connectivity index (χ2v) is 4.83. The van der Waals surface area contributed by atoms with Crippen molar-refractivity contribution in [1.82, 2.24) is 4.40 Å². The van der Waals surface area contributed by atoms with Crippen LogP contribution in [0.1, 0.15) is 16.8 Å². The van der Waals surface area contributed by atoms with Crippen LogP contribution in [0, 0.1) is 20.8 Å². The van der Waals surface area contributed by atoms with E-state index in [0.29, 0.717) is 0 Å². The molecule has 0 bridgehead atoms. The van der Waals surface area contributed by atoms with Gasteiger partial charge in [0.15, 0.2) is 0 Å². The van der Waals surface area contributed by atoms with Crippen molar-refractivity contribution in [3.63, 3.8) is 0 Å². The molecule has 3 rings (SSSR count). The maximum Gasteiger partial charge on any atom is 0.229 e. The van der Waals surface area contributed by atoms with E-state index >= 15 is 0 Å². The van der Waals surface area contributed by atoms with E-state index in [1.54, 1.807) is 0 Å². The van der Waals surface area contributed by atoms with Gasteiger partial charge in [0.05, 0.1) is 0 Å². The Bertz CT molecular complexity index is 736. The summed E-state index contributed by atoms with van der Waals surface area (Å²) >= 11 is 0. The quantitative estimate of drug-likeness (QED) is 0.520. The third-order valence-electron chi connectivity index (χ3n) is 3.83. The molecule has 2 aromatic heterocycles. The van der Waals surface area contributed by atoms with Gasteiger partial charge in [0.25, 0.3) is 0 Å². The minimum absolute atomic E-state index is 1.28. The van der Waals surface area contributed by atoms with Crippen molar-refractivity contribution < 1.29 is 4.57 Å². The van der Waals surface area contributed by atoms with Crippen molar-refractivity contribution in [2.75, 3.05) is 0 Å². The monoisotopic (exact) mass is 225 g/mol. The highest BCUT2D eigenvalue weighted by Gasteiger charge is 2.15. The van der Waals surface area contributed by atoms with Crippen molar-refractivity contribution >= 4 is 16.6 Å². The lowest BCUT2D eigenvalue weighted by Gasteiger charge is -2.07. The van der Waals surface area contributed by atoms with Crippen LogP contribution >= 0.6 is 0 Å². The summed E-state index contributed by atoms with van der Waals surface area (Å²) in [5.41, 5.74) is 7.83. The van der Waals surface area contributed by atoms with Gasteiger partial charge in [-0.05, 0) is 43.2 Å². The van der Waals surface area contributed by atoms with E-state index in [9.17, 15) is 0 Å². The number of benzene rings is 1. The van der Waals surface area contributed by atoms with E-state index in [4.69, 9.17) is 0 Å². The molecule has 1 aromatic carbocycles. The van der Waals surface area contributed by atoms with Crippen LogP contribution in [0.2, 0.25) is 0 Å². The van der Waals surface area contributed by atoms with Gasteiger partial charge in [-0.15, -0.1) is 0 Å². The lowest BCUT2D eigenvalue weighted by Crippen LogP contribution is -2.34. The van der Waals surface area contributed by atoms with Crippen molar-refractivity contribution in [3.05, 3.63) is 47.3 Å². The predicted octanol–water partition coefficient (Wildman–Crippen LogP) is 2.84. The molecule has 3 aromatic rings. The van der Waals surface area contributed by atoms with Crippen molar-refractivity contribution in [2.24, 2.45) is 7.05 Å². The van der Waals surface area contributed by atoms with Crippen LogP contribution < -0.4 is 4.57 Å². The van der Waals surface area contributed by atoms with Crippen LogP contribution in [-0.4, -0.2) is 4.40 Å². The summed E-state index contributed by atoms with van der Waals surface area (Å²) < 4.78 is 4.55. The first-order chi connectivity index (χ1) is 8.09. The largest absolute Gasteiger partial charge is 0.306 e. The van der Waals surface area contributed by atoms with Crippen molar-refractivity contribution in [3.8, 4) is 0 Å². The highest BCUT2D eigenvalue weighted by molar-refractivity contribution is 5.78. The van der Waals surface area contributed by atoms with Gasteiger partial charge < -0.3 is 4.40 Å². The number of aryl methyl sites for hydroxylation is 4. The molecule has 0 aliphatic carbocycles. The fourth-order valence-corrected chi connectivity index (χ4v) is 2.49. The summed E-state index contributed by atoms with van der Waals surface area (Å²) in [5.74, 6) is 0. The molecule has 86 valence electrons. The van der Waals surface area contributed by atoms with E-state index in [1.165, 1.54) is 33.4 Å². The van der Waals surface area contributed by atoms with Crippen LogP contribution in [0.4, 0.5) is 0 Å². The van der Waals surface area contributed by atoms with Gasteiger partial charge in [0, 0.05) is 19.2 Å². The normalized spacial score (nSPS) is 11.5. The van der Waals surface area contributed by atoms with Gasteiger partial charge in [-0.2, -0.15) is 4.57 Å². The standard InChI is InChI=1S/C15H17N2/c1-10-8-14-15(9-11(10)2)17-7-5-6-13(17)12(3)16(14)4/h5-9H,1-4H3/q+1. The third-order valence-corrected chi connectivity index (χ3v) is 3.83. The summed E-state index contributed by atoms with van der Waals surface area (Å²) in [6.07, 6.45) is 2.14. The molecule has 0 N–H and O–H groups in total. The van der Waals surface area contributed by atoms with Gasteiger partial charge in [-0.25, -0.2) is 0 Å². The lowest BCUT2D eigenvalue weighted by molar-refractivity contribution is -0.650. The number of rotatable bonds is 0. The molecule has 0 atom stereocenters. The molecule has 2 heteroatoms. The van der Waals surface area contributed by atoms with Crippen LogP contribution in [-0.2, 0) is 7.05 Å². The topological polar surface area (TPSA) is 8.29 Å². The van der Waals surface area contributed by atoms with Gasteiger partial charge >= 0.3 is 0 Å². The van der Waals surface area contributed by atoms with E-state index in [0.717, 1.165) is 0 Å². The highest BCUT2D eigenvalue weighted by Crippen LogP contribution is 2.20. The number of nitrogens with zero attached hydrogens (tertiary/aromatic N) is 2. The number of hydrogen-bond donors (Lipinski definition) is 0. The predicted molar refractivity (Wildman–Crippen MR) is 70.3 cm³/mol. The molecule has 2 heterocycles. The molecular weight excluding hydrogens is 208 g/mol. The smallest absolute Gasteiger partial charge is 0.229 e. The molecule has 0 amide bonds. The first-order valence-corrected chi connectivity index (χ1v) is 5.96. The number of aromatic nitrogens is 2. The first-order valence-electron chi connectivity index (χ1n) is 5.96. The minimum atomic E-state index is 1.28.